The number of rotatable bonds is 9. The predicted octanol–water partition coefficient (Wildman–Crippen LogP) is 3.28. The molecule has 0 radical (unpaired) electrons. The number of ether oxygens (including phenoxy) is 2. The van der Waals surface area contributed by atoms with Crippen LogP contribution in [0.25, 0.3) is 6.08 Å². The van der Waals surface area contributed by atoms with E-state index in [0.717, 1.165) is 11.3 Å². The van der Waals surface area contributed by atoms with Crippen molar-refractivity contribution in [3.05, 3.63) is 60.2 Å². The van der Waals surface area contributed by atoms with Gasteiger partial charge >= 0.3 is 0 Å². The van der Waals surface area contributed by atoms with E-state index in [-0.39, 0.29) is 11.8 Å². The summed E-state index contributed by atoms with van der Waals surface area (Å²) in [6.45, 7) is 7.79. The van der Waals surface area contributed by atoms with Crippen LogP contribution < -0.4 is 14.8 Å². The topological polar surface area (TPSA) is 71.1 Å². The molecular weight excluding hydrogens is 406 g/mol. The number of hydrogen-bond donors (Lipinski definition) is 1. The minimum atomic E-state index is -0.0449. The summed E-state index contributed by atoms with van der Waals surface area (Å²) in [7, 11) is 0. The molecule has 0 saturated carbocycles. The second kappa shape index (κ2) is 11.9. The summed E-state index contributed by atoms with van der Waals surface area (Å²) < 4.78 is 11.2. The molecule has 2 amide bonds. The first kappa shape index (κ1) is 23.3. The lowest BCUT2D eigenvalue weighted by atomic mass is 10.1. The lowest BCUT2D eigenvalue weighted by Gasteiger charge is -2.33. The molecule has 1 saturated heterocycles. The van der Waals surface area contributed by atoms with E-state index in [1.807, 2.05) is 62.4 Å². The van der Waals surface area contributed by atoms with E-state index in [9.17, 15) is 9.59 Å². The van der Waals surface area contributed by atoms with Gasteiger partial charge in [-0.15, -0.1) is 0 Å². The van der Waals surface area contributed by atoms with Gasteiger partial charge in [0.15, 0.2) is 11.5 Å². The highest BCUT2D eigenvalue weighted by Crippen LogP contribution is 2.29. The Morgan fingerprint density at radius 1 is 0.938 bits per heavy atom. The van der Waals surface area contributed by atoms with E-state index in [1.54, 1.807) is 17.1 Å². The van der Waals surface area contributed by atoms with Crippen LogP contribution in [0.3, 0.4) is 0 Å². The lowest BCUT2D eigenvalue weighted by molar-refractivity contribution is -0.127. The molecule has 1 aliphatic rings. The Bertz CT molecular complexity index is 922. The van der Waals surface area contributed by atoms with Crippen molar-refractivity contribution in [3.8, 4) is 11.5 Å². The third-order valence-corrected chi connectivity index (χ3v) is 5.09. The fraction of sp³-hybridized carbons (Fsp3) is 0.360. The molecule has 32 heavy (non-hydrogen) atoms. The number of nitrogens with zero attached hydrogens (tertiary/aromatic N) is 2. The van der Waals surface area contributed by atoms with Gasteiger partial charge in [0, 0.05) is 37.9 Å². The molecule has 2 aromatic carbocycles. The van der Waals surface area contributed by atoms with Gasteiger partial charge in [-0.05, 0) is 49.8 Å². The van der Waals surface area contributed by atoms with Crippen LogP contribution in [0, 0.1) is 0 Å². The molecule has 0 aliphatic carbocycles. The van der Waals surface area contributed by atoms with Crippen molar-refractivity contribution >= 4 is 23.6 Å². The first-order valence-electron chi connectivity index (χ1n) is 11.0. The largest absolute Gasteiger partial charge is 0.490 e. The third-order valence-electron chi connectivity index (χ3n) is 5.09. The zero-order chi connectivity index (χ0) is 22.8. The highest BCUT2D eigenvalue weighted by molar-refractivity contribution is 5.93. The molecular formula is C25H31N3O4. The molecule has 7 heteroatoms. The predicted molar refractivity (Wildman–Crippen MR) is 126 cm³/mol. The summed E-state index contributed by atoms with van der Waals surface area (Å²) in [4.78, 5) is 28.7. The molecule has 7 nitrogen and oxygen atoms in total. The number of hydrogen-bond acceptors (Lipinski definition) is 5. The first-order valence-corrected chi connectivity index (χ1v) is 11.0. The van der Waals surface area contributed by atoms with Crippen LogP contribution in [0.2, 0.25) is 0 Å². The highest BCUT2D eigenvalue weighted by atomic mass is 16.5. The second-order valence-corrected chi connectivity index (χ2v) is 7.42. The van der Waals surface area contributed by atoms with Crippen molar-refractivity contribution in [2.45, 2.75) is 13.8 Å². The number of benzene rings is 2. The maximum absolute atomic E-state index is 12.6. The molecule has 0 atom stereocenters. The van der Waals surface area contributed by atoms with Crippen LogP contribution in [-0.2, 0) is 9.59 Å². The summed E-state index contributed by atoms with van der Waals surface area (Å²) in [5.41, 5.74) is 1.67. The summed E-state index contributed by atoms with van der Waals surface area (Å²) in [5.74, 6) is 1.29. The molecule has 0 unspecified atom stereocenters. The van der Waals surface area contributed by atoms with E-state index in [2.05, 4.69) is 10.2 Å². The number of piperazine rings is 1. The summed E-state index contributed by atoms with van der Waals surface area (Å²) in [5, 5.41) is 2.90. The van der Waals surface area contributed by atoms with Gasteiger partial charge < -0.3 is 19.7 Å². The van der Waals surface area contributed by atoms with E-state index in [4.69, 9.17) is 9.47 Å². The van der Waals surface area contributed by atoms with Gasteiger partial charge in [-0.1, -0.05) is 24.3 Å². The average molecular weight is 438 g/mol. The second-order valence-electron chi connectivity index (χ2n) is 7.42. The summed E-state index contributed by atoms with van der Waals surface area (Å²) in [6.07, 6.45) is 3.38. The Morgan fingerprint density at radius 2 is 1.62 bits per heavy atom. The van der Waals surface area contributed by atoms with Gasteiger partial charge in [-0.3, -0.25) is 14.5 Å². The number of para-hydroxylation sites is 1. The van der Waals surface area contributed by atoms with Crippen molar-refractivity contribution in [2.75, 3.05) is 51.3 Å². The van der Waals surface area contributed by atoms with Gasteiger partial charge in [-0.2, -0.15) is 0 Å². The fourth-order valence-electron chi connectivity index (χ4n) is 3.50. The SMILES string of the molecule is CCOc1ccc(/C=C/C(=O)N2CCN(CC(=O)Nc3ccccc3)CC2)cc1OCC. The molecule has 3 rings (SSSR count). The molecule has 1 N–H and O–H groups in total. The van der Waals surface area contributed by atoms with Crippen LogP contribution in [-0.4, -0.2) is 67.6 Å². The summed E-state index contributed by atoms with van der Waals surface area (Å²) >= 11 is 0. The standard InChI is InChI=1S/C25H31N3O4/c1-3-31-22-12-10-20(18-23(22)32-4-2)11-13-25(30)28-16-14-27(15-17-28)19-24(29)26-21-8-6-5-7-9-21/h5-13,18H,3-4,14-17,19H2,1-2H3,(H,26,29)/b13-11+. The van der Waals surface area contributed by atoms with Crippen molar-refractivity contribution in [2.24, 2.45) is 0 Å². The van der Waals surface area contributed by atoms with Gasteiger partial charge in [-0.25, -0.2) is 0 Å². The van der Waals surface area contributed by atoms with Crippen LogP contribution >= 0.6 is 0 Å². The lowest BCUT2D eigenvalue weighted by Crippen LogP contribution is -2.50. The summed E-state index contributed by atoms with van der Waals surface area (Å²) in [6, 6.07) is 15.1. The Morgan fingerprint density at radius 3 is 2.31 bits per heavy atom. The van der Waals surface area contributed by atoms with Crippen LogP contribution in [0.1, 0.15) is 19.4 Å². The van der Waals surface area contributed by atoms with Gasteiger partial charge in [0.2, 0.25) is 11.8 Å². The molecule has 0 aromatic heterocycles. The quantitative estimate of drug-likeness (QED) is 0.610. The number of anilines is 1. The monoisotopic (exact) mass is 437 g/mol. The van der Waals surface area contributed by atoms with E-state index < -0.39 is 0 Å². The Balaban J connectivity index is 1.48. The number of carbonyl (C=O) groups excluding carboxylic acids is 2. The molecule has 1 fully saturated rings. The number of nitrogens with one attached hydrogen (secondary N) is 1. The molecule has 0 bridgehead atoms. The zero-order valence-corrected chi connectivity index (χ0v) is 18.8. The first-order chi connectivity index (χ1) is 15.6. The fourth-order valence-corrected chi connectivity index (χ4v) is 3.50. The maximum Gasteiger partial charge on any atom is 0.246 e. The smallest absolute Gasteiger partial charge is 0.246 e. The van der Waals surface area contributed by atoms with Gasteiger partial charge in [0.25, 0.3) is 0 Å². The van der Waals surface area contributed by atoms with Crippen LogP contribution in [0.15, 0.2) is 54.6 Å². The molecule has 1 heterocycles. The Labute approximate surface area is 189 Å². The normalized spacial score (nSPS) is 14.4. The Hall–Kier alpha value is -3.32. The van der Waals surface area contributed by atoms with Crippen LogP contribution in [0.4, 0.5) is 5.69 Å². The van der Waals surface area contributed by atoms with Crippen molar-refractivity contribution < 1.29 is 19.1 Å². The minimum absolute atomic E-state index is 0.0368. The molecule has 170 valence electrons. The average Bonchev–Trinajstić information content (AvgIpc) is 2.80. The minimum Gasteiger partial charge on any atom is -0.490 e. The van der Waals surface area contributed by atoms with Crippen molar-refractivity contribution in [3.63, 3.8) is 0 Å². The number of amides is 2. The highest BCUT2D eigenvalue weighted by Gasteiger charge is 2.21. The molecule has 2 aromatic rings. The van der Waals surface area contributed by atoms with Crippen molar-refractivity contribution in [1.82, 2.24) is 9.80 Å². The van der Waals surface area contributed by atoms with E-state index >= 15 is 0 Å². The van der Waals surface area contributed by atoms with E-state index in [0.29, 0.717) is 57.4 Å². The van der Waals surface area contributed by atoms with Gasteiger partial charge in [0.05, 0.1) is 19.8 Å². The van der Waals surface area contributed by atoms with E-state index in [1.165, 1.54) is 0 Å². The number of carbonyl (C=O) groups is 2. The van der Waals surface area contributed by atoms with Gasteiger partial charge in [0.1, 0.15) is 0 Å². The Kier molecular flexibility index (Phi) is 8.69. The third kappa shape index (κ3) is 6.85. The zero-order valence-electron chi connectivity index (χ0n) is 18.8. The van der Waals surface area contributed by atoms with Crippen LogP contribution in [0.5, 0.6) is 11.5 Å². The van der Waals surface area contributed by atoms with Crippen molar-refractivity contribution in [1.29, 1.82) is 0 Å². The molecule has 1 aliphatic heterocycles. The maximum atomic E-state index is 12.6. The molecule has 0 spiro atoms.